The van der Waals surface area contributed by atoms with E-state index < -0.39 is 0 Å². The van der Waals surface area contributed by atoms with Crippen LogP contribution in [0.2, 0.25) is 0 Å². The van der Waals surface area contributed by atoms with Gasteiger partial charge in [-0.05, 0) is 24.6 Å². The maximum Gasteiger partial charge on any atom is 0.123 e. The predicted molar refractivity (Wildman–Crippen MR) is 66.5 cm³/mol. The second kappa shape index (κ2) is 6.18. The Labute approximate surface area is 102 Å². The number of rotatable bonds is 2. The minimum Gasteiger partial charge on any atom is -0.314 e. The van der Waals surface area contributed by atoms with E-state index in [0.29, 0.717) is 6.04 Å². The van der Waals surface area contributed by atoms with Gasteiger partial charge < -0.3 is 5.32 Å². The molecule has 16 heavy (non-hydrogen) atoms. The number of piperazine rings is 1. The molecule has 1 saturated heterocycles. The highest BCUT2D eigenvalue weighted by Crippen LogP contribution is 2.20. The first-order valence-electron chi connectivity index (χ1n) is 5.47. The fraction of sp³-hybridized carbons (Fsp3) is 0.500. The Bertz CT molecular complexity index is 327. The fourth-order valence-corrected chi connectivity index (χ4v) is 2.05. The van der Waals surface area contributed by atoms with Crippen molar-refractivity contribution >= 4 is 12.4 Å². The summed E-state index contributed by atoms with van der Waals surface area (Å²) in [7, 11) is 0. The van der Waals surface area contributed by atoms with Crippen LogP contribution in [0.4, 0.5) is 4.39 Å². The molecule has 2 nitrogen and oxygen atoms in total. The highest BCUT2D eigenvalue weighted by Gasteiger charge is 2.17. The molecule has 90 valence electrons. The molecule has 4 heteroatoms. The third-order valence-corrected chi connectivity index (χ3v) is 3.03. The molecule has 0 radical (unpaired) electrons. The van der Waals surface area contributed by atoms with Gasteiger partial charge in [0.2, 0.25) is 0 Å². The molecule has 0 saturated carbocycles. The van der Waals surface area contributed by atoms with Gasteiger partial charge in [0, 0.05) is 32.2 Å². The summed E-state index contributed by atoms with van der Waals surface area (Å²) >= 11 is 0. The van der Waals surface area contributed by atoms with Gasteiger partial charge in [-0.15, -0.1) is 12.4 Å². The minimum absolute atomic E-state index is 0. The van der Waals surface area contributed by atoms with Gasteiger partial charge in [-0.2, -0.15) is 0 Å². The molecule has 0 aliphatic carbocycles. The summed E-state index contributed by atoms with van der Waals surface area (Å²) in [5, 5.41) is 3.32. The summed E-state index contributed by atoms with van der Waals surface area (Å²) in [4.78, 5) is 2.38. The fourth-order valence-electron chi connectivity index (χ4n) is 2.05. The zero-order valence-corrected chi connectivity index (χ0v) is 10.3. The Kier molecular flexibility index (Phi) is 5.19. The summed E-state index contributed by atoms with van der Waals surface area (Å²) < 4.78 is 13.1. The molecule has 1 fully saturated rings. The van der Waals surface area contributed by atoms with Crippen molar-refractivity contribution in [3.05, 3.63) is 35.6 Å². The van der Waals surface area contributed by atoms with Crippen LogP contribution in [-0.2, 0) is 0 Å². The van der Waals surface area contributed by atoms with E-state index in [0.717, 1.165) is 31.7 Å². The highest BCUT2D eigenvalue weighted by molar-refractivity contribution is 5.85. The number of hydrogen-bond acceptors (Lipinski definition) is 2. The molecule has 1 heterocycles. The second-order valence-electron chi connectivity index (χ2n) is 4.02. The van der Waals surface area contributed by atoms with Gasteiger partial charge in [0.05, 0.1) is 0 Å². The molecule has 0 spiro atoms. The van der Waals surface area contributed by atoms with Gasteiger partial charge in [-0.25, -0.2) is 4.39 Å². The Morgan fingerprint density at radius 3 is 2.62 bits per heavy atom. The standard InChI is InChI=1S/C12H17FN2.ClH/c1-10(15-7-5-14-6-8-15)11-3-2-4-12(13)9-11;/h2-4,9-10,14H,5-8H2,1H3;1H/t10-;/m0./s1. The Balaban J connectivity index is 0.00000128. The summed E-state index contributed by atoms with van der Waals surface area (Å²) in [5.74, 6) is -0.144. The van der Waals surface area contributed by atoms with Gasteiger partial charge in [0.25, 0.3) is 0 Å². The van der Waals surface area contributed by atoms with Crippen LogP contribution < -0.4 is 5.32 Å². The molecule has 0 unspecified atom stereocenters. The zero-order valence-electron chi connectivity index (χ0n) is 9.45. The van der Waals surface area contributed by atoms with Crippen molar-refractivity contribution in [3.63, 3.8) is 0 Å². The number of nitrogens with one attached hydrogen (secondary N) is 1. The summed E-state index contributed by atoms with van der Waals surface area (Å²) in [6.45, 7) is 6.27. The van der Waals surface area contributed by atoms with Crippen LogP contribution in [0, 0.1) is 5.82 Å². The smallest absolute Gasteiger partial charge is 0.123 e. The monoisotopic (exact) mass is 244 g/mol. The predicted octanol–water partition coefficient (Wildman–Crippen LogP) is 2.21. The first kappa shape index (κ1) is 13.4. The topological polar surface area (TPSA) is 15.3 Å². The molecule has 2 rings (SSSR count). The Morgan fingerprint density at radius 2 is 2.00 bits per heavy atom. The first-order valence-corrected chi connectivity index (χ1v) is 5.47. The van der Waals surface area contributed by atoms with Crippen molar-refractivity contribution in [2.45, 2.75) is 13.0 Å². The molecule has 0 amide bonds. The van der Waals surface area contributed by atoms with Gasteiger partial charge in [0.1, 0.15) is 5.82 Å². The van der Waals surface area contributed by atoms with E-state index in [9.17, 15) is 4.39 Å². The summed E-state index contributed by atoms with van der Waals surface area (Å²) in [5.41, 5.74) is 1.07. The number of hydrogen-bond donors (Lipinski definition) is 1. The lowest BCUT2D eigenvalue weighted by atomic mass is 10.1. The van der Waals surface area contributed by atoms with E-state index >= 15 is 0 Å². The third-order valence-electron chi connectivity index (χ3n) is 3.03. The van der Waals surface area contributed by atoms with Gasteiger partial charge >= 0.3 is 0 Å². The van der Waals surface area contributed by atoms with Crippen LogP contribution in [0.5, 0.6) is 0 Å². The molecule has 1 aromatic rings. The van der Waals surface area contributed by atoms with Crippen LogP contribution in [0.25, 0.3) is 0 Å². The van der Waals surface area contributed by atoms with E-state index in [4.69, 9.17) is 0 Å². The lowest BCUT2D eigenvalue weighted by Gasteiger charge is -2.33. The molecule has 0 bridgehead atoms. The van der Waals surface area contributed by atoms with Crippen LogP contribution in [0.15, 0.2) is 24.3 Å². The third kappa shape index (κ3) is 3.17. The van der Waals surface area contributed by atoms with Gasteiger partial charge in [0.15, 0.2) is 0 Å². The maximum absolute atomic E-state index is 13.1. The second-order valence-corrected chi connectivity index (χ2v) is 4.02. The molecular formula is C12H18ClFN2. The highest BCUT2D eigenvalue weighted by atomic mass is 35.5. The minimum atomic E-state index is -0.144. The number of benzene rings is 1. The van der Waals surface area contributed by atoms with Crippen molar-refractivity contribution in [2.24, 2.45) is 0 Å². The first-order chi connectivity index (χ1) is 7.27. The maximum atomic E-state index is 13.1. The summed E-state index contributed by atoms with van der Waals surface area (Å²) in [6, 6.07) is 7.21. The van der Waals surface area contributed by atoms with E-state index in [1.165, 1.54) is 6.07 Å². The van der Waals surface area contributed by atoms with Crippen LogP contribution >= 0.6 is 12.4 Å². The molecular weight excluding hydrogens is 227 g/mol. The molecule has 1 atom stereocenters. The quantitative estimate of drug-likeness (QED) is 0.858. The van der Waals surface area contributed by atoms with Gasteiger partial charge in [-0.3, -0.25) is 4.90 Å². The van der Waals surface area contributed by atoms with Crippen LogP contribution in [-0.4, -0.2) is 31.1 Å². The molecule has 0 aromatic heterocycles. The molecule has 1 aliphatic heterocycles. The molecule has 1 N–H and O–H groups in total. The normalized spacial score (nSPS) is 18.9. The van der Waals surface area contributed by atoms with Crippen molar-refractivity contribution in [1.29, 1.82) is 0 Å². The van der Waals surface area contributed by atoms with Gasteiger partial charge in [-0.1, -0.05) is 12.1 Å². The number of nitrogens with zero attached hydrogens (tertiary/aromatic N) is 1. The lowest BCUT2D eigenvalue weighted by Crippen LogP contribution is -2.44. The van der Waals surface area contributed by atoms with Crippen molar-refractivity contribution < 1.29 is 4.39 Å². The lowest BCUT2D eigenvalue weighted by molar-refractivity contribution is 0.185. The Morgan fingerprint density at radius 1 is 1.31 bits per heavy atom. The average molecular weight is 245 g/mol. The number of halogens is 2. The largest absolute Gasteiger partial charge is 0.314 e. The Hall–Kier alpha value is -0.640. The molecule has 1 aromatic carbocycles. The van der Waals surface area contributed by atoms with Crippen molar-refractivity contribution in [2.75, 3.05) is 26.2 Å². The van der Waals surface area contributed by atoms with E-state index in [1.807, 2.05) is 6.07 Å². The van der Waals surface area contributed by atoms with Crippen LogP contribution in [0.1, 0.15) is 18.5 Å². The van der Waals surface area contributed by atoms with Crippen molar-refractivity contribution in [1.82, 2.24) is 10.2 Å². The molecule has 1 aliphatic rings. The van der Waals surface area contributed by atoms with E-state index in [1.54, 1.807) is 12.1 Å². The SMILES string of the molecule is C[C@@H](c1cccc(F)c1)N1CCNCC1.Cl. The van der Waals surface area contributed by atoms with E-state index in [-0.39, 0.29) is 18.2 Å². The summed E-state index contributed by atoms with van der Waals surface area (Å²) in [6.07, 6.45) is 0. The zero-order chi connectivity index (χ0) is 10.7. The van der Waals surface area contributed by atoms with Crippen molar-refractivity contribution in [3.8, 4) is 0 Å². The van der Waals surface area contributed by atoms with E-state index in [2.05, 4.69) is 17.1 Å². The average Bonchev–Trinajstić information content (AvgIpc) is 2.29. The van der Waals surface area contributed by atoms with Crippen LogP contribution in [0.3, 0.4) is 0 Å².